The number of hydrogen-bond acceptors (Lipinski definition) is 7. The number of nitrogens with one attached hydrogen (secondary N) is 1. The molecule has 1 aliphatic heterocycles. The summed E-state index contributed by atoms with van der Waals surface area (Å²) in [4.78, 5) is 64.3. The lowest BCUT2D eigenvalue weighted by Gasteiger charge is -2.40. The van der Waals surface area contributed by atoms with Crippen LogP contribution in [0.4, 0.5) is 0 Å². The van der Waals surface area contributed by atoms with Crippen molar-refractivity contribution in [2.45, 2.75) is 78.6 Å². The van der Waals surface area contributed by atoms with Gasteiger partial charge in [0.15, 0.2) is 0 Å². The molecule has 0 saturated carbocycles. The Bertz CT molecular complexity index is 839. The van der Waals surface area contributed by atoms with E-state index in [1.165, 1.54) is 24.1 Å². The van der Waals surface area contributed by atoms with Crippen molar-refractivity contribution in [3.63, 3.8) is 0 Å². The zero-order valence-corrected chi connectivity index (χ0v) is 22.8. The summed E-state index contributed by atoms with van der Waals surface area (Å²) < 4.78 is 5.47. The van der Waals surface area contributed by atoms with Gasteiger partial charge in [-0.15, -0.1) is 0 Å². The van der Waals surface area contributed by atoms with E-state index in [9.17, 15) is 29.1 Å². The van der Waals surface area contributed by atoms with Crippen LogP contribution in [-0.4, -0.2) is 95.1 Å². The van der Waals surface area contributed by atoms with Crippen LogP contribution in [0.1, 0.15) is 54.4 Å². The molecule has 2 N–H and O–H groups in total. The van der Waals surface area contributed by atoms with E-state index >= 15 is 0 Å². The van der Waals surface area contributed by atoms with Crippen LogP contribution in [0.2, 0.25) is 0 Å². The van der Waals surface area contributed by atoms with E-state index in [1.807, 2.05) is 13.8 Å². The Labute approximate surface area is 213 Å². The maximum atomic E-state index is 13.7. The Morgan fingerprint density at radius 2 is 1.56 bits per heavy atom. The molecule has 4 amide bonds. The minimum atomic E-state index is -1.03. The van der Waals surface area contributed by atoms with Crippen molar-refractivity contribution in [1.29, 1.82) is 0 Å². The van der Waals surface area contributed by atoms with Gasteiger partial charge in [0.05, 0.1) is 18.6 Å². The molecule has 0 aromatic carbocycles. The minimum absolute atomic E-state index is 0.0685. The number of carbonyl (C=O) groups is 5. The fourth-order valence-electron chi connectivity index (χ4n) is 4.60. The topological polar surface area (TPSA) is 137 Å². The molecular weight excluding hydrogens is 468 g/mol. The first-order valence-electron chi connectivity index (χ1n) is 12.3. The first-order valence-corrected chi connectivity index (χ1v) is 12.3. The maximum Gasteiger partial charge on any atom is 0.306 e. The van der Waals surface area contributed by atoms with Crippen LogP contribution in [0.5, 0.6) is 0 Å². The van der Waals surface area contributed by atoms with Gasteiger partial charge in [0.25, 0.3) is 11.8 Å². The predicted octanol–water partition coefficient (Wildman–Crippen LogP) is 1.29. The van der Waals surface area contributed by atoms with Crippen molar-refractivity contribution in [2.75, 3.05) is 21.2 Å². The molecule has 1 aliphatic rings. The average Bonchev–Trinajstić information content (AvgIpc) is 3.13. The Morgan fingerprint density at radius 1 is 1.03 bits per heavy atom. The van der Waals surface area contributed by atoms with E-state index in [-0.39, 0.29) is 30.1 Å². The highest BCUT2D eigenvalue weighted by Gasteiger charge is 2.41. The van der Waals surface area contributed by atoms with Crippen molar-refractivity contribution >= 4 is 29.6 Å². The zero-order valence-electron chi connectivity index (χ0n) is 22.8. The average molecular weight is 511 g/mol. The molecule has 1 rings (SSSR count). The Morgan fingerprint density at radius 3 is 1.94 bits per heavy atom. The number of hydrogen-bond donors (Lipinski definition) is 2. The monoisotopic (exact) mass is 510 g/mol. The third-order valence-electron chi connectivity index (χ3n) is 6.72. The van der Waals surface area contributed by atoms with E-state index in [1.54, 1.807) is 34.7 Å². The molecule has 0 aliphatic carbocycles. The van der Waals surface area contributed by atoms with Crippen LogP contribution in [0.3, 0.4) is 0 Å². The molecule has 11 nitrogen and oxygen atoms in total. The number of aliphatic carboxylic acids is 1. The van der Waals surface area contributed by atoms with Crippen molar-refractivity contribution in [3.05, 3.63) is 12.2 Å². The van der Waals surface area contributed by atoms with Crippen molar-refractivity contribution in [2.24, 2.45) is 17.8 Å². The molecule has 0 aromatic rings. The standard InChI is InChI=1S/C25H42N4O7/c1-10-16(6)23(17(36-9)13-20(32)33)27(7)25(35)21(14(2)3)26-24(34)22(15(4)5)28(8)29-18(30)11-12-19(29)31/h11-12,14-17,21-23H,10,13H2,1-9H3,(H,26,34)(H,32,33)/t16?,17-,21+,22+,23+/m1/s1. The van der Waals surface area contributed by atoms with Gasteiger partial charge in [0, 0.05) is 33.4 Å². The Balaban J connectivity index is 3.23. The summed E-state index contributed by atoms with van der Waals surface area (Å²) in [7, 11) is 4.50. The van der Waals surface area contributed by atoms with Gasteiger partial charge >= 0.3 is 5.97 Å². The number of imide groups is 1. The van der Waals surface area contributed by atoms with E-state index in [0.717, 1.165) is 17.2 Å². The number of hydrazine groups is 1. The summed E-state index contributed by atoms with van der Waals surface area (Å²) in [5.74, 6) is -3.66. The van der Waals surface area contributed by atoms with Crippen molar-refractivity contribution in [3.8, 4) is 0 Å². The molecule has 5 atom stereocenters. The normalized spacial score (nSPS) is 17.9. The van der Waals surface area contributed by atoms with Gasteiger partial charge in [0.1, 0.15) is 12.1 Å². The summed E-state index contributed by atoms with van der Waals surface area (Å²) in [5.41, 5.74) is 0. The highest BCUT2D eigenvalue weighted by molar-refractivity contribution is 6.12. The Hall–Kier alpha value is -2.79. The summed E-state index contributed by atoms with van der Waals surface area (Å²) in [6.45, 7) is 11.0. The molecule has 204 valence electrons. The van der Waals surface area contributed by atoms with Gasteiger partial charge in [-0.05, 0) is 17.8 Å². The van der Waals surface area contributed by atoms with Gasteiger partial charge < -0.3 is 20.1 Å². The molecule has 11 heteroatoms. The van der Waals surface area contributed by atoms with Crippen LogP contribution < -0.4 is 5.32 Å². The lowest BCUT2D eigenvalue weighted by Crippen LogP contribution is -2.61. The first kappa shape index (κ1) is 31.2. The molecule has 1 unspecified atom stereocenters. The van der Waals surface area contributed by atoms with E-state index < -0.39 is 47.9 Å². The van der Waals surface area contributed by atoms with Gasteiger partial charge in [-0.2, -0.15) is 0 Å². The molecule has 0 fully saturated rings. The lowest BCUT2D eigenvalue weighted by atomic mass is 9.90. The lowest BCUT2D eigenvalue weighted by molar-refractivity contribution is -0.162. The molecule has 0 spiro atoms. The number of amides is 4. The Kier molecular flexibility index (Phi) is 11.7. The largest absolute Gasteiger partial charge is 0.481 e. The number of likely N-dealkylation sites (N-methyl/N-ethyl adjacent to an activating group) is 2. The fourth-order valence-corrected chi connectivity index (χ4v) is 4.60. The summed E-state index contributed by atoms with van der Waals surface area (Å²) in [5, 5.41) is 14.4. The van der Waals surface area contributed by atoms with E-state index in [4.69, 9.17) is 4.74 Å². The summed E-state index contributed by atoms with van der Waals surface area (Å²) in [6, 6.07) is -2.35. The molecular formula is C25H42N4O7. The zero-order chi connectivity index (χ0) is 27.9. The quantitative estimate of drug-likeness (QED) is 0.334. The number of nitrogens with zero attached hydrogens (tertiary/aromatic N) is 3. The van der Waals surface area contributed by atoms with E-state index in [2.05, 4.69) is 5.32 Å². The van der Waals surface area contributed by atoms with Gasteiger partial charge in [0.2, 0.25) is 11.8 Å². The number of carboxylic acid groups (broad SMARTS) is 1. The molecule has 0 saturated heterocycles. The summed E-state index contributed by atoms with van der Waals surface area (Å²) >= 11 is 0. The van der Waals surface area contributed by atoms with Gasteiger partial charge in [-0.25, -0.2) is 10.0 Å². The van der Waals surface area contributed by atoms with Crippen LogP contribution in [0.15, 0.2) is 12.2 Å². The van der Waals surface area contributed by atoms with Crippen LogP contribution in [0, 0.1) is 17.8 Å². The SMILES string of the molecule is CCC(C)[C@@H]([C@@H](CC(=O)O)OC)N(C)C(=O)[C@@H](NC(=O)[C@H](C(C)C)N(C)N1C(=O)C=CC1=O)C(C)C. The smallest absolute Gasteiger partial charge is 0.306 e. The van der Waals surface area contributed by atoms with Crippen LogP contribution in [0.25, 0.3) is 0 Å². The highest BCUT2D eigenvalue weighted by Crippen LogP contribution is 2.24. The van der Waals surface area contributed by atoms with Gasteiger partial charge in [-0.3, -0.25) is 24.0 Å². The molecule has 1 heterocycles. The number of ether oxygens (including phenoxy) is 1. The summed E-state index contributed by atoms with van der Waals surface area (Å²) in [6.07, 6.45) is 1.97. The third kappa shape index (κ3) is 7.36. The number of carbonyl (C=O) groups excluding carboxylic acids is 4. The number of carboxylic acids is 1. The minimum Gasteiger partial charge on any atom is -0.481 e. The predicted molar refractivity (Wildman–Crippen MR) is 133 cm³/mol. The van der Waals surface area contributed by atoms with Gasteiger partial charge in [-0.1, -0.05) is 48.0 Å². The fraction of sp³-hybridized carbons (Fsp3) is 0.720. The molecule has 0 bridgehead atoms. The van der Waals surface area contributed by atoms with Crippen molar-refractivity contribution in [1.82, 2.24) is 20.2 Å². The second kappa shape index (κ2) is 13.5. The highest BCUT2D eigenvalue weighted by atomic mass is 16.5. The number of methoxy groups -OCH3 is 1. The molecule has 36 heavy (non-hydrogen) atoms. The number of rotatable bonds is 14. The van der Waals surface area contributed by atoms with Crippen LogP contribution in [-0.2, 0) is 28.7 Å². The maximum absolute atomic E-state index is 13.7. The second-order valence-corrected chi connectivity index (χ2v) is 10.0. The third-order valence-corrected chi connectivity index (χ3v) is 6.72. The van der Waals surface area contributed by atoms with E-state index in [0.29, 0.717) is 6.42 Å². The first-order chi connectivity index (χ1) is 16.7. The molecule has 0 aromatic heterocycles. The van der Waals surface area contributed by atoms with Crippen LogP contribution >= 0.6 is 0 Å². The van der Waals surface area contributed by atoms with Crippen molar-refractivity contribution < 1.29 is 33.8 Å². The second-order valence-electron chi connectivity index (χ2n) is 10.0. The molecule has 0 radical (unpaired) electrons.